The van der Waals surface area contributed by atoms with Crippen molar-refractivity contribution in [1.29, 1.82) is 0 Å². The molecule has 3 atom stereocenters. The first kappa shape index (κ1) is 28.1. The Bertz CT molecular complexity index is 685. The number of carbonyl (C=O) groups excluding carboxylic acids is 3. The summed E-state index contributed by atoms with van der Waals surface area (Å²) >= 11 is 0.620. The third-order valence-electron chi connectivity index (χ3n) is 3.52. The fourth-order valence-corrected chi connectivity index (χ4v) is 3.10. The Morgan fingerprint density at radius 3 is 2.13 bits per heavy atom. The Labute approximate surface area is 182 Å². The first-order valence-electron chi connectivity index (χ1n) is 9.14. The molecule has 0 aliphatic heterocycles. The Morgan fingerprint density at radius 2 is 1.65 bits per heavy atom. The minimum atomic E-state index is -1.41. The fraction of sp³-hybridized carbons (Fsp3) is 0.647. The second kappa shape index (κ2) is 14.2. The summed E-state index contributed by atoms with van der Waals surface area (Å²) in [7, 11) is 0. The van der Waals surface area contributed by atoms with E-state index in [-0.39, 0.29) is 18.6 Å². The highest BCUT2D eigenvalue weighted by Gasteiger charge is 2.27. The van der Waals surface area contributed by atoms with Crippen LogP contribution in [0, 0.1) is 0 Å². The topological polar surface area (TPSA) is 222 Å². The molecule has 0 spiro atoms. The largest absolute Gasteiger partial charge is 0.481 e. The molecule has 0 heterocycles. The molecule has 31 heavy (non-hydrogen) atoms. The summed E-state index contributed by atoms with van der Waals surface area (Å²) in [6.45, 7) is 2.71. The lowest BCUT2D eigenvalue weighted by Crippen LogP contribution is -2.50. The van der Waals surface area contributed by atoms with Crippen molar-refractivity contribution in [3.05, 3.63) is 0 Å². The van der Waals surface area contributed by atoms with E-state index in [0.29, 0.717) is 11.8 Å². The van der Waals surface area contributed by atoms with Gasteiger partial charge in [-0.1, -0.05) is 0 Å². The van der Waals surface area contributed by atoms with Crippen molar-refractivity contribution >= 4 is 47.5 Å². The van der Waals surface area contributed by atoms with E-state index < -0.39 is 72.1 Å². The number of ether oxygens (including phenoxy) is 1. The lowest BCUT2D eigenvalue weighted by molar-refractivity contribution is -0.147. The fourth-order valence-electron chi connectivity index (χ4n) is 2.04. The summed E-state index contributed by atoms with van der Waals surface area (Å²) in [5.74, 6) is -6.68. The Morgan fingerprint density at radius 1 is 1.03 bits per heavy atom. The maximum Gasteiger partial charge on any atom is 0.325 e. The van der Waals surface area contributed by atoms with Gasteiger partial charge in [0, 0.05) is 12.2 Å². The number of amides is 2. The highest BCUT2D eigenvalue weighted by molar-refractivity contribution is 8.00. The predicted octanol–water partition coefficient (Wildman–Crippen LogP) is -1.61. The van der Waals surface area contributed by atoms with Crippen molar-refractivity contribution in [2.45, 2.75) is 56.5 Å². The van der Waals surface area contributed by atoms with E-state index in [1.165, 1.54) is 0 Å². The van der Waals surface area contributed by atoms with E-state index in [4.69, 9.17) is 25.8 Å². The van der Waals surface area contributed by atoms with Gasteiger partial charge in [-0.05, 0) is 20.3 Å². The van der Waals surface area contributed by atoms with E-state index in [9.17, 15) is 28.8 Å². The van der Waals surface area contributed by atoms with Crippen molar-refractivity contribution < 1.29 is 48.8 Å². The van der Waals surface area contributed by atoms with Gasteiger partial charge in [0.2, 0.25) is 11.8 Å². The van der Waals surface area contributed by atoms with Crippen LogP contribution in [0.25, 0.3) is 0 Å². The van der Waals surface area contributed by atoms with Gasteiger partial charge in [0.1, 0.15) is 23.9 Å². The normalized spacial score (nSPS) is 13.5. The SMILES string of the molecule is CC(C)OC(=O)CNC(=O)[C@H](CSC(CC(=O)O)C(=O)O)NC(=O)CC[C@H](N)C(=O)O. The lowest BCUT2D eigenvalue weighted by atomic mass is 10.1. The summed E-state index contributed by atoms with van der Waals surface area (Å²) in [5, 5.41) is 29.8. The minimum absolute atomic E-state index is 0.208. The highest BCUT2D eigenvalue weighted by atomic mass is 32.2. The smallest absolute Gasteiger partial charge is 0.325 e. The van der Waals surface area contributed by atoms with Crippen LogP contribution in [0.2, 0.25) is 0 Å². The van der Waals surface area contributed by atoms with Crippen LogP contribution in [0.4, 0.5) is 0 Å². The second-order valence-corrected chi connectivity index (χ2v) is 7.85. The molecule has 0 aromatic carbocycles. The van der Waals surface area contributed by atoms with E-state index >= 15 is 0 Å². The van der Waals surface area contributed by atoms with Crippen LogP contribution >= 0.6 is 11.8 Å². The van der Waals surface area contributed by atoms with Gasteiger partial charge in [-0.2, -0.15) is 0 Å². The maximum atomic E-state index is 12.4. The first-order valence-corrected chi connectivity index (χ1v) is 10.2. The third-order valence-corrected chi connectivity index (χ3v) is 4.82. The standard InChI is InChI=1S/C17H27N3O10S/c1-8(2)30-14(24)6-19-15(25)10(7-31-11(17(28)29)5-13(22)23)20-12(21)4-3-9(18)16(26)27/h8-11H,3-7,18H2,1-2H3,(H,19,25)(H,20,21)(H,22,23)(H,26,27)(H,28,29)/t9-,10-,11?/m0/s1. The van der Waals surface area contributed by atoms with Crippen molar-refractivity contribution in [3.8, 4) is 0 Å². The van der Waals surface area contributed by atoms with Crippen molar-refractivity contribution in [3.63, 3.8) is 0 Å². The van der Waals surface area contributed by atoms with E-state index in [2.05, 4.69) is 10.6 Å². The molecule has 1 unspecified atom stereocenters. The molecule has 0 rings (SSSR count). The van der Waals surface area contributed by atoms with Crippen LogP contribution in [-0.2, 0) is 33.5 Å². The zero-order valence-corrected chi connectivity index (χ0v) is 17.8. The molecule has 13 nitrogen and oxygen atoms in total. The van der Waals surface area contributed by atoms with Crippen molar-refractivity contribution in [2.24, 2.45) is 5.73 Å². The summed E-state index contributed by atoms with van der Waals surface area (Å²) in [6.07, 6.45) is -1.66. The zero-order chi connectivity index (χ0) is 24.1. The number of aliphatic carboxylic acids is 3. The number of thioether (sulfide) groups is 1. The quantitative estimate of drug-likeness (QED) is 0.150. The summed E-state index contributed by atoms with van der Waals surface area (Å²) in [5.41, 5.74) is 5.32. The van der Waals surface area contributed by atoms with Gasteiger partial charge >= 0.3 is 23.9 Å². The molecule has 0 aromatic heterocycles. The highest BCUT2D eigenvalue weighted by Crippen LogP contribution is 2.17. The average Bonchev–Trinajstić information content (AvgIpc) is 2.64. The number of hydrogen-bond donors (Lipinski definition) is 6. The van der Waals surface area contributed by atoms with Gasteiger partial charge in [0.05, 0.1) is 12.5 Å². The van der Waals surface area contributed by atoms with Crippen molar-refractivity contribution in [1.82, 2.24) is 10.6 Å². The summed E-state index contributed by atoms with van der Waals surface area (Å²) in [4.78, 5) is 68.8. The molecule has 0 fully saturated rings. The van der Waals surface area contributed by atoms with Gasteiger partial charge < -0.3 is 36.4 Å². The first-order chi connectivity index (χ1) is 14.3. The number of nitrogens with two attached hydrogens (primary N) is 1. The molecule has 0 aliphatic carbocycles. The number of carboxylic acid groups (broad SMARTS) is 3. The Kier molecular flexibility index (Phi) is 12.9. The molecule has 0 aliphatic rings. The average molecular weight is 465 g/mol. The number of nitrogens with one attached hydrogen (secondary N) is 2. The third kappa shape index (κ3) is 13.1. The second-order valence-electron chi connectivity index (χ2n) is 6.62. The van der Waals surface area contributed by atoms with E-state index in [0.717, 1.165) is 0 Å². The molecular formula is C17H27N3O10S. The van der Waals surface area contributed by atoms with E-state index in [1.54, 1.807) is 13.8 Å². The van der Waals surface area contributed by atoms with Crippen LogP contribution in [0.3, 0.4) is 0 Å². The molecule has 0 aromatic rings. The lowest BCUT2D eigenvalue weighted by Gasteiger charge is -2.20. The van der Waals surface area contributed by atoms with Crippen LogP contribution in [0.15, 0.2) is 0 Å². The molecule has 0 radical (unpaired) electrons. The molecule has 176 valence electrons. The van der Waals surface area contributed by atoms with Crippen LogP contribution in [-0.4, -0.2) is 86.7 Å². The molecule has 14 heteroatoms. The van der Waals surface area contributed by atoms with Gasteiger partial charge in [-0.25, -0.2) is 0 Å². The molecular weight excluding hydrogens is 438 g/mol. The molecule has 0 saturated heterocycles. The minimum Gasteiger partial charge on any atom is -0.481 e. The van der Waals surface area contributed by atoms with Crippen LogP contribution in [0.1, 0.15) is 33.1 Å². The van der Waals surface area contributed by atoms with E-state index in [1.807, 2.05) is 0 Å². The molecule has 2 amide bonds. The Balaban J connectivity index is 5.08. The van der Waals surface area contributed by atoms with Crippen molar-refractivity contribution in [2.75, 3.05) is 12.3 Å². The summed E-state index contributed by atoms with van der Waals surface area (Å²) in [6, 6.07) is -2.61. The maximum absolute atomic E-state index is 12.4. The Hall–Kier alpha value is -2.87. The molecule has 0 bridgehead atoms. The molecule has 7 N–H and O–H groups in total. The van der Waals surface area contributed by atoms with Crippen LogP contribution in [0.5, 0.6) is 0 Å². The number of carbonyl (C=O) groups is 6. The van der Waals surface area contributed by atoms with Gasteiger partial charge in [-0.15, -0.1) is 11.8 Å². The van der Waals surface area contributed by atoms with Gasteiger partial charge in [-0.3, -0.25) is 28.8 Å². The number of esters is 1. The van der Waals surface area contributed by atoms with Crippen LogP contribution < -0.4 is 16.4 Å². The number of rotatable bonds is 15. The number of carboxylic acids is 3. The summed E-state index contributed by atoms with van der Waals surface area (Å²) < 4.78 is 4.86. The predicted molar refractivity (Wildman–Crippen MR) is 107 cm³/mol. The van der Waals surface area contributed by atoms with Gasteiger partial charge in [0.25, 0.3) is 0 Å². The number of hydrogen-bond acceptors (Lipinski definition) is 9. The zero-order valence-electron chi connectivity index (χ0n) is 17.0. The molecule has 0 saturated carbocycles. The monoisotopic (exact) mass is 465 g/mol. The van der Waals surface area contributed by atoms with Gasteiger partial charge in [0.15, 0.2) is 0 Å².